The molecule has 1 aromatic heterocycles. The Kier molecular flexibility index (Phi) is 3.82. The summed E-state index contributed by atoms with van der Waals surface area (Å²) in [5, 5.41) is 0.857. The van der Waals surface area contributed by atoms with E-state index in [0.717, 1.165) is 22.0 Å². The molecule has 5 heteroatoms. The topological polar surface area (TPSA) is 56.1 Å². The Morgan fingerprint density at radius 2 is 1.70 bits per heavy atom. The van der Waals surface area contributed by atoms with Gasteiger partial charge in [0.2, 0.25) is 0 Å². The summed E-state index contributed by atoms with van der Waals surface area (Å²) in [4.78, 5) is 12.0. The van der Waals surface area contributed by atoms with Gasteiger partial charge in [-0.2, -0.15) is 0 Å². The molecule has 2 aromatic carbocycles. The van der Waals surface area contributed by atoms with E-state index in [9.17, 15) is 13.2 Å². The first kappa shape index (κ1) is 15.5. The molecule has 0 radical (unpaired) electrons. The maximum atomic E-state index is 12.6. The summed E-state index contributed by atoms with van der Waals surface area (Å²) in [7, 11) is -1.68. The van der Waals surface area contributed by atoms with Crippen LogP contribution in [0, 0.1) is 6.92 Å². The zero-order valence-electron chi connectivity index (χ0n) is 13.0. The van der Waals surface area contributed by atoms with Gasteiger partial charge >= 0.3 is 0 Å². The number of benzene rings is 2. The fraction of sp³-hybridized carbons (Fsp3) is 0.167. The van der Waals surface area contributed by atoms with Gasteiger partial charge in [-0.3, -0.25) is 4.79 Å². The standard InChI is InChI=1S/C18H17NO3S/c1-13-10-17-14(8-9-18(20)19(17)2)11-15(13)12-23(21,22)16-6-4-3-5-7-16/h3-11H,12H2,1-2H3. The van der Waals surface area contributed by atoms with Gasteiger partial charge in [0.15, 0.2) is 9.84 Å². The number of rotatable bonds is 3. The minimum absolute atomic E-state index is 0.0539. The number of aromatic nitrogens is 1. The van der Waals surface area contributed by atoms with Crippen molar-refractivity contribution in [1.82, 2.24) is 4.57 Å². The molecule has 0 unspecified atom stereocenters. The molecule has 0 amide bonds. The van der Waals surface area contributed by atoms with Crippen LogP contribution in [0.25, 0.3) is 10.9 Å². The predicted octanol–water partition coefficient (Wildman–Crippen LogP) is 2.82. The summed E-state index contributed by atoms with van der Waals surface area (Å²) in [6, 6.07) is 15.4. The van der Waals surface area contributed by atoms with E-state index in [4.69, 9.17) is 0 Å². The fourth-order valence-electron chi connectivity index (χ4n) is 2.64. The van der Waals surface area contributed by atoms with Crippen molar-refractivity contribution in [3.8, 4) is 0 Å². The Hall–Kier alpha value is -2.40. The monoisotopic (exact) mass is 327 g/mol. The van der Waals surface area contributed by atoms with Crippen molar-refractivity contribution in [1.29, 1.82) is 0 Å². The van der Waals surface area contributed by atoms with Crippen LogP contribution < -0.4 is 5.56 Å². The highest BCUT2D eigenvalue weighted by Crippen LogP contribution is 2.23. The number of hydrogen-bond donors (Lipinski definition) is 0. The van der Waals surface area contributed by atoms with Crippen molar-refractivity contribution in [2.45, 2.75) is 17.6 Å². The number of hydrogen-bond acceptors (Lipinski definition) is 3. The van der Waals surface area contributed by atoms with Crippen LogP contribution in [-0.4, -0.2) is 13.0 Å². The molecule has 3 rings (SSSR count). The van der Waals surface area contributed by atoms with Crippen LogP contribution >= 0.6 is 0 Å². The van der Waals surface area contributed by atoms with Gasteiger partial charge in [0.1, 0.15) is 0 Å². The molecule has 23 heavy (non-hydrogen) atoms. The van der Waals surface area contributed by atoms with Crippen molar-refractivity contribution in [3.05, 3.63) is 76.1 Å². The Morgan fingerprint density at radius 1 is 1.00 bits per heavy atom. The highest BCUT2D eigenvalue weighted by atomic mass is 32.2. The smallest absolute Gasteiger partial charge is 0.250 e. The van der Waals surface area contributed by atoms with Crippen LogP contribution in [-0.2, 0) is 22.6 Å². The van der Waals surface area contributed by atoms with Crippen molar-refractivity contribution in [2.75, 3.05) is 0 Å². The number of aryl methyl sites for hydroxylation is 2. The molecular weight excluding hydrogens is 310 g/mol. The average molecular weight is 327 g/mol. The van der Waals surface area contributed by atoms with Crippen molar-refractivity contribution < 1.29 is 8.42 Å². The van der Waals surface area contributed by atoms with Crippen LogP contribution in [0.4, 0.5) is 0 Å². The third kappa shape index (κ3) is 2.92. The van der Waals surface area contributed by atoms with Gasteiger partial charge in [-0.15, -0.1) is 0 Å². The summed E-state index contributed by atoms with van der Waals surface area (Å²) < 4.78 is 26.7. The lowest BCUT2D eigenvalue weighted by Gasteiger charge is -2.11. The Labute approximate surface area is 134 Å². The van der Waals surface area contributed by atoms with E-state index in [1.807, 2.05) is 19.1 Å². The quantitative estimate of drug-likeness (QED) is 0.743. The highest BCUT2D eigenvalue weighted by molar-refractivity contribution is 7.90. The largest absolute Gasteiger partial charge is 0.311 e. The molecule has 0 saturated heterocycles. The van der Waals surface area contributed by atoms with Gasteiger partial charge in [-0.25, -0.2) is 8.42 Å². The number of fused-ring (bicyclic) bond motifs is 1. The molecule has 0 saturated carbocycles. The third-order valence-corrected chi connectivity index (χ3v) is 5.71. The molecule has 0 aliphatic carbocycles. The first-order valence-corrected chi connectivity index (χ1v) is 8.91. The number of nitrogens with zero attached hydrogens (tertiary/aromatic N) is 1. The van der Waals surface area contributed by atoms with Gasteiger partial charge in [-0.05, 0) is 53.8 Å². The van der Waals surface area contributed by atoms with Gasteiger partial charge in [0, 0.05) is 13.1 Å². The molecule has 3 aromatic rings. The van der Waals surface area contributed by atoms with E-state index >= 15 is 0 Å². The SMILES string of the molecule is Cc1cc2c(ccc(=O)n2C)cc1CS(=O)(=O)c1ccccc1. The maximum absolute atomic E-state index is 12.6. The molecule has 0 atom stereocenters. The highest BCUT2D eigenvalue weighted by Gasteiger charge is 2.17. The summed E-state index contributed by atoms with van der Waals surface area (Å²) in [6.45, 7) is 1.87. The van der Waals surface area contributed by atoms with Crippen LogP contribution in [0.5, 0.6) is 0 Å². The van der Waals surface area contributed by atoms with Gasteiger partial charge < -0.3 is 4.57 Å². The van der Waals surface area contributed by atoms with Crippen LogP contribution in [0.3, 0.4) is 0 Å². The van der Waals surface area contributed by atoms with Crippen LogP contribution in [0.1, 0.15) is 11.1 Å². The second-order valence-electron chi connectivity index (χ2n) is 5.64. The lowest BCUT2D eigenvalue weighted by Crippen LogP contribution is -2.15. The van der Waals surface area contributed by atoms with E-state index in [2.05, 4.69) is 0 Å². The average Bonchev–Trinajstić information content (AvgIpc) is 2.53. The predicted molar refractivity (Wildman–Crippen MR) is 91.3 cm³/mol. The Bertz CT molecular complexity index is 1040. The van der Waals surface area contributed by atoms with Crippen LogP contribution in [0.15, 0.2) is 64.3 Å². The lowest BCUT2D eigenvalue weighted by atomic mass is 10.1. The molecule has 0 fully saturated rings. The summed E-state index contributed by atoms with van der Waals surface area (Å²) >= 11 is 0. The van der Waals surface area contributed by atoms with Crippen molar-refractivity contribution in [3.63, 3.8) is 0 Å². The molecule has 4 nitrogen and oxygen atoms in total. The van der Waals surface area contributed by atoms with Gasteiger partial charge in [0.05, 0.1) is 16.2 Å². The third-order valence-electron chi connectivity index (χ3n) is 4.03. The number of pyridine rings is 1. The molecule has 0 bridgehead atoms. The minimum Gasteiger partial charge on any atom is -0.311 e. The zero-order chi connectivity index (χ0) is 16.6. The normalized spacial score (nSPS) is 11.7. The molecule has 0 aliphatic heterocycles. The van der Waals surface area contributed by atoms with E-state index in [0.29, 0.717) is 4.90 Å². The molecule has 0 spiro atoms. The zero-order valence-corrected chi connectivity index (χ0v) is 13.8. The summed E-state index contributed by atoms with van der Waals surface area (Å²) in [5.74, 6) is -0.0539. The second-order valence-corrected chi connectivity index (χ2v) is 7.63. The van der Waals surface area contributed by atoms with Crippen molar-refractivity contribution in [2.24, 2.45) is 7.05 Å². The van der Waals surface area contributed by atoms with Gasteiger partial charge in [0.25, 0.3) is 5.56 Å². The van der Waals surface area contributed by atoms with Gasteiger partial charge in [-0.1, -0.05) is 18.2 Å². The Balaban J connectivity index is 2.09. The van der Waals surface area contributed by atoms with E-state index in [1.54, 1.807) is 48.0 Å². The van der Waals surface area contributed by atoms with E-state index < -0.39 is 9.84 Å². The molecule has 0 N–H and O–H groups in total. The Morgan fingerprint density at radius 3 is 2.39 bits per heavy atom. The summed E-state index contributed by atoms with van der Waals surface area (Å²) in [6.07, 6.45) is 0. The first-order chi connectivity index (χ1) is 10.9. The molecular formula is C18H17NO3S. The first-order valence-electron chi connectivity index (χ1n) is 7.25. The van der Waals surface area contributed by atoms with Crippen molar-refractivity contribution >= 4 is 20.7 Å². The molecule has 1 heterocycles. The lowest BCUT2D eigenvalue weighted by molar-refractivity contribution is 0.595. The molecule has 0 aliphatic rings. The fourth-order valence-corrected chi connectivity index (χ4v) is 4.10. The second kappa shape index (κ2) is 5.66. The molecule has 118 valence electrons. The van der Waals surface area contributed by atoms with E-state index in [1.165, 1.54) is 6.07 Å². The maximum Gasteiger partial charge on any atom is 0.250 e. The van der Waals surface area contributed by atoms with E-state index in [-0.39, 0.29) is 11.3 Å². The van der Waals surface area contributed by atoms with Crippen LogP contribution in [0.2, 0.25) is 0 Å². The summed E-state index contributed by atoms with van der Waals surface area (Å²) in [5.41, 5.74) is 2.33. The minimum atomic E-state index is -3.39. The number of sulfone groups is 1.